The Morgan fingerprint density at radius 3 is 2.88 bits per heavy atom. The second-order valence-corrected chi connectivity index (χ2v) is 3.91. The first-order valence-corrected chi connectivity index (χ1v) is 5.70. The van der Waals surface area contributed by atoms with Crippen LogP contribution in [-0.2, 0) is 14.3 Å². The SMILES string of the molecule is [2H]C1(OC(=O)C(O)c2ccccc2)CCCCO1. The first-order chi connectivity index (χ1) is 8.61. The summed E-state index contributed by atoms with van der Waals surface area (Å²) in [5.41, 5.74) is 0.446. The third-order valence-corrected chi connectivity index (χ3v) is 2.59. The fraction of sp³-hybridized carbons (Fsp3) is 0.462. The molecular formula is C13H16O4. The van der Waals surface area contributed by atoms with Crippen LogP contribution in [0.25, 0.3) is 0 Å². The molecule has 17 heavy (non-hydrogen) atoms. The van der Waals surface area contributed by atoms with Crippen LogP contribution in [0.5, 0.6) is 0 Å². The Morgan fingerprint density at radius 1 is 1.47 bits per heavy atom. The van der Waals surface area contributed by atoms with Crippen LogP contribution in [0.3, 0.4) is 0 Å². The number of hydrogen-bond acceptors (Lipinski definition) is 4. The predicted molar refractivity (Wildman–Crippen MR) is 61.1 cm³/mol. The molecule has 0 radical (unpaired) electrons. The van der Waals surface area contributed by atoms with Gasteiger partial charge in [0.2, 0.25) is 6.27 Å². The molecule has 92 valence electrons. The highest BCUT2D eigenvalue weighted by molar-refractivity contribution is 5.76. The van der Waals surface area contributed by atoms with Crippen LogP contribution in [0.2, 0.25) is 0 Å². The molecule has 0 bridgehead atoms. The van der Waals surface area contributed by atoms with Crippen molar-refractivity contribution in [3.63, 3.8) is 0 Å². The Balaban J connectivity index is 1.99. The van der Waals surface area contributed by atoms with E-state index in [2.05, 4.69) is 0 Å². The Bertz CT molecular complexity index is 401. The lowest BCUT2D eigenvalue weighted by Gasteiger charge is -2.23. The summed E-state index contributed by atoms with van der Waals surface area (Å²) >= 11 is 0. The second-order valence-electron chi connectivity index (χ2n) is 3.91. The molecule has 1 N–H and O–H groups in total. The first kappa shape index (κ1) is 10.7. The Labute approximate surface area is 102 Å². The van der Waals surface area contributed by atoms with Crippen molar-refractivity contribution in [3.8, 4) is 0 Å². The van der Waals surface area contributed by atoms with Gasteiger partial charge in [-0.15, -0.1) is 0 Å². The third-order valence-electron chi connectivity index (χ3n) is 2.59. The Morgan fingerprint density at radius 2 is 2.24 bits per heavy atom. The molecule has 1 saturated heterocycles. The number of aliphatic hydroxyl groups is 1. The van der Waals surface area contributed by atoms with Gasteiger partial charge >= 0.3 is 5.97 Å². The van der Waals surface area contributed by atoms with Gasteiger partial charge in [0.05, 0.1) is 6.61 Å². The van der Waals surface area contributed by atoms with Crippen LogP contribution in [0.1, 0.15) is 32.3 Å². The number of carbonyl (C=O) groups excluding carboxylic acids is 1. The molecule has 1 fully saturated rings. The monoisotopic (exact) mass is 237 g/mol. The van der Waals surface area contributed by atoms with Crippen LogP contribution in [-0.4, -0.2) is 23.9 Å². The van der Waals surface area contributed by atoms with Crippen molar-refractivity contribution in [2.45, 2.75) is 31.6 Å². The van der Waals surface area contributed by atoms with Crippen molar-refractivity contribution < 1.29 is 20.7 Å². The minimum Gasteiger partial charge on any atom is -0.434 e. The number of hydrogen-bond donors (Lipinski definition) is 1. The summed E-state index contributed by atoms with van der Waals surface area (Å²) in [6, 6.07) is 8.49. The highest BCUT2D eigenvalue weighted by Crippen LogP contribution is 2.19. The zero-order valence-electron chi connectivity index (χ0n) is 10.5. The van der Waals surface area contributed by atoms with E-state index in [0.29, 0.717) is 18.6 Å². The molecule has 0 amide bonds. The quantitative estimate of drug-likeness (QED) is 0.814. The number of rotatable bonds is 3. The molecular weight excluding hydrogens is 220 g/mol. The molecule has 2 rings (SSSR count). The molecule has 0 saturated carbocycles. The lowest BCUT2D eigenvalue weighted by atomic mass is 10.1. The van der Waals surface area contributed by atoms with Crippen molar-refractivity contribution in [2.24, 2.45) is 0 Å². The second kappa shape index (κ2) is 5.80. The highest BCUT2D eigenvalue weighted by atomic mass is 16.7. The van der Waals surface area contributed by atoms with Gasteiger partial charge in [-0.3, -0.25) is 0 Å². The van der Waals surface area contributed by atoms with E-state index in [1.165, 1.54) is 0 Å². The van der Waals surface area contributed by atoms with Crippen LogP contribution in [0, 0.1) is 0 Å². The lowest BCUT2D eigenvalue weighted by Crippen LogP contribution is -2.28. The molecule has 1 heterocycles. The van der Waals surface area contributed by atoms with Gasteiger partial charge in [-0.25, -0.2) is 4.79 Å². The van der Waals surface area contributed by atoms with Crippen molar-refractivity contribution in [3.05, 3.63) is 35.9 Å². The zero-order chi connectivity index (χ0) is 13.0. The number of carbonyl (C=O) groups is 1. The first-order valence-electron chi connectivity index (χ1n) is 6.20. The molecule has 4 heteroatoms. The molecule has 1 aromatic rings. The topological polar surface area (TPSA) is 55.8 Å². The molecule has 0 aliphatic carbocycles. The molecule has 0 aromatic heterocycles. The third kappa shape index (κ3) is 3.28. The maximum absolute atomic E-state index is 11.7. The fourth-order valence-corrected chi connectivity index (χ4v) is 1.65. The van der Waals surface area contributed by atoms with Gasteiger partial charge in [0, 0.05) is 6.42 Å². The molecule has 0 spiro atoms. The number of benzene rings is 1. The lowest BCUT2D eigenvalue weighted by molar-refractivity contribution is -0.195. The smallest absolute Gasteiger partial charge is 0.341 e. The van der Waals surface area contributed by atoms with E-state index in [9.17, 15) is 9.90 Å². The van der Waals surface area contributed by atoms with Gasteiger partial charge in [0.25, 0.3) is 0 Å². The summed E-state index contributed by atoms with van der Waals surface area (Å²) in [6.07, 6.45) is -1.05. The molecule has 1 aliphatic rings. The van der Waals surface area contributed by atoms with Crippen molar-refractivity contribution in [1.29, 1.82) is 0 Å². The molecule has 1 aliphatic heterocycles. The summed E-state index contributed by atoms with van der Waals surface area (Å²) < 4.78 is 17.9. The van der Waals surface area contributed by atoms with Crippen LogP contribution in [0.15, 0.2) is 30.3 Å². The summed E-state index contributed by atoms with van der Waals surface area (Å²) in [6.45, 7) is 0.401. The summed E-state index contributed by atoms with van der Waals surface area (Å²) in [4.78, 5) is 11.7. The summed E-state index contributed by atoms with van der Waals surface area (Å²) in [5.74, 6) is -0.849. The fourth-order valence-electron chi connectivity index (χ4n) is 1.65. The Hall–Kier alpha value is -1.39. The molecule has 4 nitrogen and oxygen atoms in total. The van der Waals surface area contributed by atoms with E-state index in [-0.39, 0.29) is 0 Å². The van der Waals surface area contributed by atoms with E-state index < -0.39 is 18.3 Å². The van der Waals surface area contributed by atoms with Crippen LogP contribution in [0.4, 0.5) is 0 Å². The predicted octanol–water partition coefficient (Wildman–Crippen LogP) is 1.79. The minimum atomic E-state index is -1.65. The Kier molecular flexibility index (Phi) is 3.66. The number of ether oxygens (including phenoxy) is 2. The molecule has 2 atom stereocenters. The molecule has 2 unspecified atom stereocenters. The van der Waals surface area contributed by atoms with Crippen LogP contribution >= 0.6 is 0 Å². The van der Waals surface area contributed by atoms with E-state index in [4.69, 9.17) is 10.8 Å². The van der Waals surface area contributed by atoms with Gasteiger partial charge in [-0.1, -0.05) is 30.3 Å². The van der Waals surface area contributed by atoms with Crippen LogP contribution < -0.4 is 0 Å². The van der Waals surface area contributed by atoms with Gasteiger partial charge in [0.1, 0.15) is 1.37 Å². The van der Waals surface area contributed by atoms with Gasteiger partial charge in [-0.2, -0.15) is 0 Å². The average molecular weight is 237 g/mol. The number of esters is 1. The minimum absolute atomic E-state index is 0.334. The van der Waals surface area contributed by atoms with Gasteiger partial charge in [0.15, 0.2) is 6.10 Å². The summed E-state index contributed by atoms with van der Waals surface area (Å²) in [7, 11) is 0. The highest BCUT2D eigenvalue weighted by Gasteiger charge is 2.24. The van der Waals surface area contributed by atoms with Crippen molar-refractivity contribution in [2.75, 3.05) is 6.61 Å². The average Bonchev–Trinajstić information content (AvgIpc) is 2.39. The summed E-state index contributed by atoms with van der Waals surface area (Å²) in [5, 5.41) is 9.82. The van der Waals surface area contributed by atoms with Crippen molar-refractivity contribution >= 4 is 5.97 Å². The van der Waals surface area contributed by atoms with E-state index in [0.717, 1.165) is 12.8 Å². The molecule has 1 aromatic carbocycles. The zero-order valence-corrected chi connectivity index (χ0v) is 9.46. The van der Waals surface area contributed by atoms with E-state index in [1.807, 2.05) is 0 Å². The van der Waals surface area contributed by atoms with Gasteiger partial charge in [-0.05, 0) is 18.4 Å². The van der Waals surface area contributed by atoms with Crippen molar-refractivity contribution in [1.82, 2.24) is 0 Å². The normalized spacial score (nSPS) is 27.0. The van der Waals surface area contributed by atoms with E-state index >= 15 is 0 Å². The number of aliphatic hydroxyl groups excluding tert-OH is 1. The van der Waals surface area contributed by atoms with Gasteiger partial charge < -0.3 is 14.6 Å². The van der Waals surface area contributed by atoms with E-state index in [1.54, 1.807) is 30.3 Å². The maximum Gasteiger partial charge on any atom is 0.341 e. The maximum atomic E-state index is 11.7. The largest absolute Gasteiger partial charge is 0.434 e. The standard InChI is InChI=1S/C13H16O4/c14-12(10-6-2-1-3-7-10)13(15)17-11-8-4-5-9-16-11/h1-3,6-7,11-12,14H,4-5,8-9H2/i11D.